The number of sulfonamides is 1. The van der Waals surface area contributed by atoms with Crippen LogP contribution in [0, 0.1) is 0 Å². The second-order valence-electron chi connectivity index (χ2n) is 5.84. The number of fused-ring (bicyclic) bond motifs is 1. The minimum Gasteiger partial charge on any atom is -0.468 e. The van der Waals surface area contributed by atoms with Crippen molar-refractivity contribution in [2.45, 2.75) is 29.9 Å². The molecule has 6 nitrogen and oxygen atoms in total. The molecule has 1 fully saturated rings. The zero-order valence-electron chi connectivity index (χ0n) is 13.3. The average Bonchev–Trinajstić information content (AvgIpc) is 2.60. The van der Waals surface area contributed by atoms with Gasteiger partial charge in [0.2, 0.25) is 10.0 Å². The van der Waals surface area contributed by atoms with Crippen molar-refractivity contribution in [3.8, 4) is 0 Å². The number of hydrogen-bond acceptors (Lipinski definition) is 5. The van der Waals surface area contributed by atoms with Crippen LogP contribution >= 0.6 is 0 Å². The fraction of sp³-hybridized carbons (Fsp3) is 0.353. The minimum atomic E-state index is -3.86. The fourth-order valence-corrected chi connectivity index (χ4v) is 4.67. The highest BCUT2D eigenvalue weighted by molar-refractivity contribution is 7.89. The van der Waals surface area contributed by atoms with Gasteiger partial charge in [-0.05, 0) is 29.3 Å². The third kappa shape index (κ3) is 3.02. The maximum Gasteiger partial charge on any atom is 0.324 e. The van der Waals surface area contributed by atoms with Gasteiger partial charge in [-0.25, -0.2) is 8.42 Å². The number of nitrogens with zero attached hydrogens (tertiary/aromatic N) is 1. The predicted octanol–water partition coefficient (Wildman–Crippen LogP) is 1.53. The summed E-state index contributed by atoms with van der Waals surface area (Å²) in [7, 11) is -2.65. The first-order valence-corrected chi connectivity index (χ1v) is 9.14. The SMILES string of the molecule is COC(=O)[C@H]1C[C@@H](O)CCN1S(=O)(=O)c1ccc2ccccc2c1. The molecule has 7 heteroatoms. The first kappa shape index (κ1) is 16.9. The summed E-state index contributed by atoms with van der Waals surface area (Å²) < 4.78 is 31.9. The normalized spacial score (nSPS) is 22.4. The number of rotatable bonds is 3. The van der Waals surface area contributed by atoms with Gasteiger partial charge in [0.25, 0.3) is 0 Å². The summed E-state index contributed by atoms with van der Waals surface area (Å²) in [6, 6.07) is 11.3. The molecule has 3 rings (SSSR count). The third-order valence-electron chi connectivity index (χ3n) is 4.33. The molecular formula is C17H19NO5S. The molecule has 0 unspecified atom stereocenters. The second kappa shape index (κ2) is 6.51. The van der Waals surface area contributed by atoms with Crippen LogP contribution in [0.15, 0.2) is 47.4 Å². The molecule has 0 aromatic heterocycles. The molecule has 2 atom stereocenters. The van der Waals surface area contributed by atoms with Crippen molar-refractivity contribution in [3.05, 3.63) is 42.5 Å². The van der Waals surface area contributed by atoms with Crippen LogP contribution in [0.5, 0.6) is 0 Å². The summed E-state index contributed by atoms with van der Waals surface area (Å²) in [4.78, 5) is 12.1. The summed E-state index contributed by atoms with van der Waals surface area (Å²) in [5, 5.41) is 11.5. The van der Waals surface area contributed by atoms with Crippen molar-refractivity contribution in [3.63, 3.8) is 0 Å². The molecule has 0 aliphatic carbocycles. The van der Waals surface area contributed by atoms with Gasteiger partial charge in [0.15, 0.2) is 0 Å². The highest BCUT2D eigenvalue weighted by atomic mass is 32.2. The summed E-state index contributed by atoms with van der Waals surface area (Å²) >= 11 is 0. The van der Waals surface area contributed by atoms with E-state index >= 15 is 0 Å². The number of methoxy groups -OCH3 is 1. The van der Waals surface area contributed by atoms with Gasteiger partial charge in [-0.1, -0.05) is 30.3 Å². The number of benzene rings is 2. The molecule has 128 valence electrons. The smallest absolute Gasteiger partial charge is 0.324 e. The number of aliphatic hydroxyl groups excluding tert-OH is 1. The van der Waals surface area contributed by atoms with E-state index in [1.54, 1.807) is 12.1 Å². The lowest BCUT2D eigenvalue weighted by atomic mass is 10.0. The van der Waals surface area contributed by atoms with E-state index in [2.05, 4.69) is 0 Å². The number of hydrogen-bond donors (Lipinski definition) is 1. The van der Waals surface area contributed by atoms with Crippen molar-refractivity contribution < 1.29 is 23.1 Å². The zero-order valence-corrected chi connectivity index (χ0v) is 14.1. The van der Waals surface area contributed by atoms with Gasteiger partial charge in [0, 0.05) is 13.0 Å². The van der Waals surface area contributed by atoms with E-state index in [4.69, 9.17) is 4.74 Å². The third-order valence-corrected chi connectivity index (χ3v) is 6.23. The molecule has 0 spiro atoms. The van der Waals surface area contributed by atoms with Crippen LogP contribution in [-0.4, -0.2) is 49.6 Å². The Morgan fingerprint density at radius 1 is 1.21 bits per heavy atom. The molecule has 1 heterocycles. The molecule has 1 N–H and O–H groups in total. The highest BCUT2D eigenvalue weighted by Gasteiger charge is 2.41. The Morgan fingerprint density at radius 2 is 1.92 bits per heavy atom. The van der Waals surface area contributed by atoms with E-state index in [0.717, 1.165) is 15.1 Å². The van der Waals surface area contributed by atoms with E-state index in [9.17, 15) is 18.3 Å². The van der Waals surface area contributed by atoms with E-state index in [1.165, 1.54) is 13.2 Å². The van der Waals surface area contributed by atoms with Crippen LogP contribution in [0.2, 0.25) is 0 Å². The van der Waals surface area contributed by atoms with Crippen LogP contribution in [0.3, 0.4) is 0 Å². The standard InChI is InChI=1S/C17H19NO5S/c1-23-17(20)16-11-14(19)8-9-18(16)24(21,22)15-7-6-12-4-2-3-5-13(12)10-15/h2-7,10,14,16,19H,8-9,11H2,1H3/t14-,16+/m0/s1. The number of carbonyl (C=O) groups excluding carboxylic acids is 1. The summed E-state index contributed by atoms with van der Waals surface area (Å²) in [6.07, 6.45) is -0.378. The van der Waals surface area contributed by atoms with E-state index < -0.39 is 28.1 Å². The van der Waals surface area contributed by atoms with E-state index in [0.29, 0.717) is 6.42 Å². The van der Waals surface area contributed by atoms with Crippen LogP contribution in [0.1, 0.15) is 12.8 Å². The lowest BCUT2D eigenvalue weighted by Gasteiger charge is -2.35. The molecule has 24 heavy (non-hydrogen) atoms. The van der Waals surface area contributed by atoms with E-state index in [-0.39, 0.29) is 17.9 Å². The van der Waals surface area contributed by atoms with Gasteiger partial charge in [-0.2, -0.15) is 4.31 Å². The lowest BCUT2D eigenvalue weighted by molar-refractivity contribution is -0.147. The van der Waals surface area contributed by atoms with Crippen LogP contribution in [0.25, 0.3) is 10.8 Å². The van der Waals surface area contributed by atoms with Gasteiger partial charge in [0.05, 0.1) is 18.1 Å². The largest absolute Gasteiger partial charge is 0.468 e. The molecule has 0 saturated carbocycles. The monoisotopic (exact) mass is 349 g/mol. The fourth-order valence-electron chi connectivity index (χ4n) is 3.03. The first-order valence-electron chi connectivity index (χ1n) is 7.70. The summed E-state index contributed by atoms with van der Waals surface area (Å²) in [5.74, 6) is -0.655. The highest BCUT2D eigenvalue weighted by Crippen LogP contribution is 2.28. The molecule has 1 saturated heterocycles. The molecule has 2 aromatic carbocycles. The Bertz CT molecular complexity index is 864. The molecule has 0 bridgehead atoms. The van der Waals surface area contributed by atoms with Crippen molar-refractivity contribution >= 4 is 26.8 Å². The quantitative estimate of drug-likeness (QED) is 0.850. The number of aliphatic hydroxyl groups is 1. The minimum absolute atomic E-state index is 0.0412. The maximum absolute atomic E-state index is 13.0. The van der Waals surface area contributed by atoms with Crippen molar-refractivity contribution in [2.75, 3.05) is 13.7 Å². The molecule has 2 aromatic rings. The second-order valence-corrected chi connectivity index (χ2v) is 7.73. The molecule has 1 aliphatic heterocycles. The average molecular weight is 349 g/mol. The number of esters is 1. The number of ether oxygens (including phenoxy) is 1. The topological polar surface area (TPSA) is 83.9 Å². The maximum atomic E-state index is 13.0. The van der Waals surface area contributed by atoms with Crippen molar-refractivity contribution in [1.29, 1.82) is 0 Å². The van der Waals surface area contributed by atoms with Gasteiger partial charge < -0.3 is 9.84 Å². The van der Waals surface area contributed by atoms with Crippen molar-refractivity contribution in [2.24, 2.45) is 0 Å². The molecule has 0 radical (unpaired) electrons. The van der Waals surface area contributed by atoms with Gasteiger partial charge >= 0.3 is 5.97 Å². The molecular weight excluding hydrogens is 330 g/mol. The van der Waals surface area contributed by atoms with E-state index in [1.807, 2.05) is 24.3 Å². The Labute approximate surface area is 140 Å². The summed E-state index contributed by atoms with van der Waals surface area (Å²) in [6.45, 7) is 0.0795. The number of carbonyl (C=O) groups is 1. The predicted molar refractivity (Wildman–Crippen MR) is 88.9 cm³/mol. The number of piperidine rings is 1. The van der Waals surface area contributed by atoms with Crippen LogP contribution in [-0.2, 0) is 19.6 Å². The summed E-state index contributed by atoms with van der Waals surface area (Å²) in [5.41, 5.74) is 0. The molecule has 0 amide bonds. The Balaban J connectivity index is 2.02. The Hall–Kier alpha value is -1.96. The van der Waals surface area contributed by atoms with Crippen LogP contribution < -0.4 is 0 Å². The Morgan fingerprint density at radius 3 is 2.62 bits per heavy atom. The molecule has 1 aliphatic rings. The zero-order chi connectivity index (χ0) is 17.3. The van der Waals surface area contributed by atoms with Crippen LogP contribution in [0.4, 0.5) is 0 Å². The van der Waals surface area contributed by atoms with Crippen molar-refractivity contribution in [1.82, 2.24) is 4.31 Å². The van der Waals surface area contributed by atoms with Gasteiger partial charge in [-0.15, -0.1) is 0 Å². The van der Waals surface area contributed by atoms with Gasteiger partial charge in [0.1, 0.15) is 6.04 Å². The first-order chi connectivity index (χ1) is 11.4. The lowest BCUT2D eigenvalue weighted by Crippen LogP contribution is -2.51. The van der Waals surface area contributed by atoms with Gasteiger partial charge in [-0.3, -0.25) is 4.79 Å². The Kier molecular flexibility index (Phi) is 4.58.